The molecule has 0 saturated heterocycles. The number of carbonyl (C=O) groups excluding carboxylic acids is 1. The molecule has 19 heavy (non-hydrogen) atoms. The van der Waals surface area contributed by atoms with E-state index in [0.717, 1.165) is 16.9 Å². The van der Waals surface area contributed by atoms with Crippen molar-refractivity contribution in [3.63, 3.8) is 0 Å². The summed E-state index contributed by atoms with van der Waals surface area (Å²) in [5.41, 5.74) is 2.49. The van der Waals surface area contributed by atoms with Crippen molar-refractivity contribution in [3.05, 3.63) is 53.0 Å². The molecular weight excluding hydrogens is 244 g/mol. The van der Waals surface area contributed by atoms with Gasteiger partial charge in [0.05, 0.1) is 13.4 Å². The molecule has 100 valence electrons. The van der Waals surface area contributed by atoms with Crippen LogP contribution in [0.2, 0.25) is 0 Å². The molecule has 0 N–H and O–H groups in total. The first-order chi connectivity index (χ1) is 9.13. The molecule has 4 nitrogen and oxygen atoms in total. The Hall–Kier alpha value is -2.23. The van der Waals surface area contributed by atoms with Crippen LogP contribution in [-0.4, -0.2) is 13.1 Å². The molecule has 1 heterocycles. The Balaban J connectivity index is 2.15. The van der Waals surface area contributed by atoms with Gasteiger partial charge in [0, 0.05) is 0 Å². The van der Waals surface area contributed by atoms with Crippen molar-refractivity contribution in [1.82, 2.24) is 0 Å². The molecule has 0 spiro atoms. The van der Waals surface area contributed by atoms with E-state index in [0.29, 0.717) is 11.3 Å². The van der Waals surface area contributed by atoms with Gasteiger partial charge in [0.25, 0.3) is 0 Å². The summed E-state index contributed by atoms with van der Waals surface area (Å²) < 4.78 is 15.7. The lowest BCUT2D eigenvalue weighted by Gasteiger charge is -2.11. The van der Waals surface area contributed by atoms with E-state index in [2.05, 4.69) is 4.74 Å². The van der Waals surface area contributed by atoms with Crippen LogP contribution in [0.5, 0.6) is 5.75 Å². The second-order valence-corrected chi connectivity index (χ2v) is 4.26. The van der Waals surface area contributed by atoms with Gasteiger partial charge in [0.2, 0.25) is 0 Å². The SMILES string of the molecule is COC(=O)c1ccoc1COc1c(C)cccc1C. The number of rotatable bonds is 4. The first kappa shape index (κ1) is 13.2. The topological polar surface area (TPSA) is 48.7 Å². The van der Waals surface area contributed by atoms with E-state index >= 15 is 0 Å². The van der Waals surface area contributed by atoms with Gasteiger partial charge >= 0.3 is 5.97 Å². The van der Waals surface area contributed by atoms with Gasteiger partial charge in [0.15, 0.2) is 5.76 Å². The Labute approximate surface area is 111 Å². The summed E-state index contributed by atoms with van der Waals surface area (Å²) in [6, 6.07) is 7.51. The van der Waals surface area contributed by atoms with Crippen molar-refractivity contribution in [1.29, 1.82) is 0 Å². The number of hydrogen-bond donors (Lipinski definition) is 0. The highest BCUT2D eigenvalue weighted by Crippen LogP contribution is 2.24. The number of carbonyl (C=O) groups is 1. The number of para-hydroxylation sites is 1. The predicted octanol–water partition coefficient (Wildman–Crippen LogP) is 3.26. The summed E-state index contributed by atoms with van der Waals surface area (Å²) in [4.78, 5) is 11.5. The molecule has 0 unspecified atom stereocenters. The average Bonchev–Trinajstić information content (AvgIpc) is 2.85. The molecular formula is C15H16O4. The Morgan fingerprint density at radius 2 is 1.89 bits per heavy atom. The maximum Gasteiger partial charge on any atom is 0.341 e. The first-order valence-corrected chi connectivity index (χ1v) is 5.97. The van der Waals surface area contributed by atoms with E-state index in [9.17, 15) is 4.79 Å². The minimum Gasteiger partial charge on any atom is -0.485 e. The van der Waals surface area contributed by atoms with E-state index in [4.69, 9.17) is 9.15 Å². The van der Waals surface area contributed by atoms with E-state index in [1.165, 1.54) is 13.4 Å². The van der Waals surface area contributed by atoms with E-state index in [1.807, 2.05) is 32.0 Å². The van der Waals surface area contributed by atoms with Gasteiger partial charge in [-0.25, -0.2) is 4.79 Å². The lowest BCUT2D eigenvalue weighted by Crippen LogP contribution is -2.06. The van der Waals surface area contributed by atoms with E-state index < -0.39 is 5.97 Å². The normalized spacial score (nSPS) is 10.3. The molecule has 1 aromatic carbocycles. The highest BCUT2D eigenvalue weighted by atomic mass is 16.5. The van der Waals surface area contributed by atoms with Gasteiger partial charge in [0.1, 0.15) is 17.9 Å². The largest absolute Gasteiger partial charge is 0.485 e. The zero-order chi connectivity index (χ0) is 13.8. The lowest BCUT2D eigenvalue weighted by molar-refractivity contribution is 0.0595. The molecule has 0 radical (unpaired) electrons. The molecule has 0 atom stereocenters. The maximum atomic E-state index is 11.5. The third-order valence-corrected chi connectivity index (χ3v) is 2.91. The first-order valence-electron chi connectivity index (χ1n) is 5.97. The standard InChI is InChI=1S/C15H16O4/c1-10-5-4-6-11(2)14(10)19-9-13-12(7-8-18-13)15(16)17-3/h4-8H,9H2,1-3H3. The maximum absolute atomic E-state index is 11.5. The van der Waals surface area contributed by atoms with Gasteiger partial charge in [-0.3, -0.25) is 0 Å². The number of aryl methyl sites for hydroxylation is 2. The van der Waals surface area contributed by atoms with Crippen LogP contribution in [-0.2, 0) is 11.3 Å². The number of hydrogen-bond acceptors (Lipinski definition) is 4. The van der Waals surface area contributed by atoms with Crippen LogP contribution in [0.15, 0.2) is 34.9 Å². The molecule has 1 aromatic heterocycles. The van der Waals surface area contributed by atoms with E-state index in [-0.39, 0.29) is 6.61 Å². The smallest absolute Gasteiger partial charge is 0.341 e. The van der Waals surface area contributed by atoms with Crippen molar-refractivity contribution in [3.8, 4) is 5.75 Å². The summed E-state index contributed by atoms with van der Waals surface area (Å²) in [7, 11) is 1.34. The van der Waals surface area contributed by atoms with Crippen LogP contribution in [0.25, 0.3) is 0 Å². The summed E-state index contributed by atoms with van der Waals surface area (Å²) in [6.45, 7) is 4.15. The summed E-state index contributed by atoms with van der Waals surface area (Å²) in [6.07, 6.45) is 1.45. The number of ether oxygens (including phenoxy) is 2. The predicted molar refractivity (Wildman–Crippen MR) is 70.3 cm³/mol. The minimum absolute atomic E-state index is 0.198. The highest BCUT2D eigenvalue weighted by Gasteiger charge is 2.16. The average molecular weight is 260 g/mol. The summed E-state index contributed by atoms with van der Waals surface area (Å²) >= 11 is 0. The van der Waals surface area contributed by atoms with Crippen molar-refractivity contribution >= 4 is 5.97 Å². The van der Waals surface area contributed by atoms with Crippen molar-refractivity contribution < 1.29 is 18.7 Å². The molecule has 0 aliphatic carbocycles. The molecule has 0 bridgehead atoms. The molecule has 0 aliphatic rings. The lowest BCUT2D eigenvalue weighted by atomic mass is 10.1. The van der Waals surface area contributed by atoms with Gasteiger partial charge in [-0.1, -0.05) is 18.2 Å². The second-order valence-electron chi connectivity index (χ2n) is 4.26. The molecule has 0 saturated carbocycles. The quantitative estimate of drug-likeness (QED) is 0.792. The number of esters is 1. The Bertz CT molecular complexity index is 563. The van der Waals surface area contributed by atoms with Gasteiger partial charge in [-0.2, -0.15) is 0 Å². The van der Waals surface area contributed by atoms with Gasteiger partial charge in [-0.15, -0.1) is 0 Å². The van der Waals surface area contributed by atoms with Gasteiger partial charge in [-0.05, 0) is 31.0 Å². The molecule has 0 aliphatic heterocycles. The molecule has 0 amide bonds. The zero-order valence-corrected chi connectivity index (χ0v) is 11.2. The van der Waals surface area contributed by atoms with Crippen molar-refractivity contribution in [2.75, 3.05) is 7.11 Å². The Morgan fingerprint density at radius 1 is 1.21 bits per heavy atom. The van der Waals surface area contributed by atoms with Crippen molar-refractivity contribution in [2.24, 2.45) is 0 Å². The van der Waals surface area contributed by atoms with Crippen LogP contribution >= 0.6 is 0 Å². The third kappa shape index (κ3) is 2.78. The van der Waals surface area contributed by atoms with E-state index in [1.54, 1.807) is 6.07 Å². The van der Waals surface area contributed by atoms with Crippen molar-refractivity contribution in [2.45, 2.75) is 20.5 Å². The monoisotopic (exact) mass is 260 g/mol. The van der Waals surface area contributed by atoms with Crippen LogP contribution in [0.4, 0.5) is 0 Å². The fourth-order valence-corrected chi connectivity index (χ4v) is 1.91. The molecule has 0 fully saturated rings. The molecule has 2 aromatic rings. The Morgan fingerprint density at radius 3 is 2.53 bits per heavy atom. The minimum atomic E-state index is -0.422. The van der Waals surface area contributed by atoms with Crippen LogP contribution in [0, 0.1) is 13.8 Å². The molecule has 4 heteroatoms. The van der Waals surface area contributed by atoms with Crippen LogP contribution < -0.4 is 4.74 Å². The number of methoxy groups -OCH3 is 1. The fraction of sp³-hybridized carbons (Fsp3) is 0.267. The highest BCUT2D eigenvalue weighted by molar-refractivity contribution is 5.90. The fourth-order valence-electron chi connectivity index (χ4n) is 1.91. The summed E-state index contributed by atoms with van der Waals surface area (Å²) in [5, 5.41) is 0. The van der Waals surface area contributed by atoms with Crippen LogP contribution in [0.3, 0.4) is 0 Å². The third-order valence-electron chi connectivity index (χ3n) is 2.91. The molecule has 2 rings (SSSR count). The van der Waals surface area contributed by atoms with Gasteiger partial charge < -0.3 is 13.9 Å². The summed E-state index contributed by atoms with van der Waals surface area (Å²) in [5.74, 6) is 0.859. The number of benzene rings is 1. The number of furan rings is 1. The van der Waals surface area contributed by atoms with Crippen LogP contribution in [0.1, 0.15) is 27.2 Å². The zero-order valence-electron chi connectivity index (χ0n) is 11.2. The second kappa shape index (κ2) is 5.61. The Kier molecular flexibility index (Phi) is 3.90.